The highest BCUT2D eigenvalue weighted by Crippen LogP contribution is 2.40. The third-order valence-corrected chi connectivity index (χ3v) is 2.15. The van der Waals surface area contributed by atoms with E-state index >= 15 is 0 Å². The van der Waals surface area contributed by atoms with Gasteiger partial charge in [0.25, 0.3) is 0 Å². The minimum atomic E-state index is 0.595. The molecular formula is C10H11FN2. The molecule has 0 atom stereocenters. The van der Waals surface area contributed by atoms with E-state index < -0.39 is 0 Å². The van der Waals surface area contributed by atoms with Gasteiger partial charge in [-0.25, -0.2) is 5.01 Å². The second-order valence-electron chi connectivity index (χ2n) is 3.06. The van der Waals surface area contributed by atoms with Gasteiger partial charge in [-0.15, -0.1) is 4.48 Å². The van der Waals surface area contributed by atoms with Gasteiger partial charge in [0.15, 0.2) is 0 Å². The quantitative estimate of drug-likeness (QED) is 0.641. The molecule has 2 nitrogen and oxygen atoms in total. The molecule has 68 valence electrons. The van der Waals surface area contributed by atoms with Crippen LogP contribution in [0.25, 0.3) is 5.70 Å². The van der Waals surface area contributed by atoms with Crippen molar-refractivity contribution in [3.05, 3.63) is 41.6 Å². The minimum absolute atomic E-state index is 0.595. The van der Waals surface area contributed by atoms with Gasteiger partial charge in [-0.05, 0) is 6.92 Å². The van der Waals surface area contributed by atoms with E-state index in [0.29, 0.717) is 5.23 Å². The maximum atomic E-state index is 12.8. The molecule has 0 aromatic heterocycles. The Morgan fingerprint density at radius 3 is 2.31 bits per heavy atom. The Hall–Kier alpha value is -1.35. The number of hydrazine groups is 1. The SMILES string of the molecule is CC1=C(c2ccccc2)N1N(C)F. The molecule has 1 aromatic rings. The molecule has 13 heavy (non-hydrogen) atoms. The highest BCUT2D eigenvalue weighted by Gasteiger charge is 2.34. The molecule has 0 aliphatic carbocycles. The summed E-state index contributed by atoms with van der Waals surface area (Å²) in [5.74, 6) is 0. The first-order valence-electron chi connectivity index (χ1n) is 4.17. The standard InChI is InChI=1S/C10H11FN2/c1-8-10(13(8)12(2)11)9-6-4-3-5-7-9/h3-7H,1-2H3. The van der Waals surface area contributed by atoms with Crippen LogP contribution in [0.4, 0.5) is 4.48 Å². The maximum absolute atomic E-state index is 12.8. The van der Waals surface area contributed by atoms with Gasteiger partial charge >= 0.3 is 0 Å². The molecule has 0 saturated heterocycles. The lowest BCUT2D eigenvalue weighted by Crippen LogP contribution is -2.16. The number of hydrogen-bond acceptors (Lipinski definition) is 2. The molecule has 0 amide bonds. The van der Waals surface area contributed by atoms with Crippen LogP contribution in [0.2, 0.25) is 0 Å². The largest absolute Gasteiger partial charge is 0.247 e. The molecule has 3 heteroatoms. The summed E-state index contributed by atoms with van der Waals surface area (Å²) in [6, 6.07) is 9.80. The second-order valence-corrected chi connectivity index (χ2v) is 3.06. The normalized spacial score (nSPS) is 15.5. The summed E-state index contributed by atoms with van der Waals surface area (Å²) in [5.41, 5.74) is 2.99. The van der Waals surface area contributed by atoms with Crippen molar-refractivity contribution in [1.29, 1.82) is 0 Å². The van der Waals surface area contributed by atoms with Gasteiger partial charge in [0.2, 0.25) is 0 Å². The van der Waals surface area contributed by atoms with Crippen molar-refractivity contribution < 1.29 is 4.48 Å². The molecule has 0 bridgehead atoms. The van der Waals surface area contributed by atoms with E-state index in [1.165, 1.54) is 12.1 Å². The summed E-state index contributed by atoms with van der Waals surface area (Å²) in [4.78, 5) is 0. The molecule has 0 saturated carbocycles. The monoisotopic (exact) mass is 178 g/mol. The van der Waals surface area contributed by atoms with Crippen LogP contribution >= 0.6 is 0 Å². The first kappa shape index (κ1) is 8.26. The van der Waals surface area contributed by atoms with E-state index in [4.69, 9.17) is 0 Å². The highest BCUT2D eigenvalue weighted by molar-refractivity contribution is 5.78. The van der Waals surface area contributed by atoms with Gasteiger partial charge in [0.05, 0.1) is 11.4 Å². The number of halogens is 1. The Bertz CT molecular complexity index is 343. The van der Waals surface area contributed by atoms with Crippen molar-refractivity contribution in [2.24, 2.45) is 0 Å². The Morgan fingerprint density at radius 2 is 1.85 bits per heavy atom. The summed E-state index contributed by atoms with van der Waals surface area (Å²) in [5, 5.41) is 2.13. The summed E-state index contributed by atoms with van der Waals surface area (Å²) < 4.78 is 12.8. The molecule has 0 fully saturated rings. The van der Waals surface area contributed by atoms with Crippen LogP contribution in [0, 0.1) is 0 Å². The lowest BCUT2D eigenvalue weighted by molar-refractivity contribution is -0.0641. The zero-order chi connectivity index (χ0) is 9.42. The summed E-state index contributed by atoms with van der Waals surface area (Å²) in [6.45, 7) is 1.90. The van der Waals surface area contributed by atoms with E-state index in [1.54, 1.807) is 0 Å². The fraction of sp³-hybridized carbons (Fsp3) is 0.200. The number of rotatable bonds is 2. The molecule has 0 unspecified atom stereocenters. The topological polar surface area (TPSA) is 6.25 Å². The van der Waals surface area contributed by atoms with Crippen molar-refractivity contribution in [1.82, 2.24) is 10.2 Å². The van der Waals surface area contributed by atoms with Gasteiger partial charge in [0.1, 0.15) is 0 Å². The fourth-order valence-electron chi connectivity index (χ4n) is 1.51. The second kappa shape index (κ2) is 2.85. The number of benzene rings is 1. The Morgan fingerprint density at radius 1 is 1.23 bits per heavy atom. The maximum Gasteiger partial charge on any atom is 0.0882 e. The molecular weight excluding hydrogens is 167 g/mol. The zero-order valence-corrected chi connectivity index (χ0v) is 7.66. The van der Waals surface area contributed by atoms with Gasteiger partial charge < -0.3 is 0 Å². The molecule has 1 aromatic carbocycles. The van der Waals surface area contributed by atoms with E-state index in [1.807, 2.05) is 37.3 Å². The molecule has 2 rings (SSSR count). The minimum Gasteiger partial charge on any atom is -0.247 e. The third-order valence-electron chi connectivity index (χ3n) is 2.15. The van der Waals surface area contributed by atoms with E-state index in [-0.39, 0.29) is 0 Å². The van der Waals surface area contributed by atoms with Gasteiger partial charge in [-0.1, -0.05) is 35.6 Å². The average molecular weight is 178 g/mol. The summed E-state index contributed by atoms with van der Waals surface area (Å²) in [7, 11) is 1.39. The Labute approximate surface area is 76.8 Å². The van der Waals surface area contributed by atoms with Crippen LogP contribution in [0.3, 0.4) is 0 Å². The van der Waals surface area contributed by atoms with Crippen molar-refractivity contribution in [3.8, 4) is 0 Å². The summed E-state index contributed by atoms with van der Waals surface area (Å²) >= 11 is 0. The van der Waals surface area contributed by atoms with Crippen molar-refractivity contribution >= 4 is 5.70 Å². The zero-order valence-electron chi connectivity index (χ0n) is 7.66. The third kappa shape index (κ3) is 1.31. The van der Waals surface area contributed by atoms with Gasteiger partial charge in [-0.2, -0.15) is 0 Å². The van der Waals surface area contributed by atoms with Crippen LogP contribution in [-0.4, -0.2) is 17.3 Å². The molecule has 0 radical (unpaired) electrons. The summed E-state index contributed by atoms with van der Waals surface area (Å²) in [6.07, 6.45) is 0. The predicted molar refractivity (Wildman–Crippen MR) is 49.7 cm³/mol. The van der Waals surface area contributed by atoms with Crippen molar-refractivity contribution in [2.45, 2.75) is 6.92 Å². The lowest BCUT2D eigenvalue weighted by atomic mass is 10.2. The van der Waals surface area contributed by atoms with Crippen molar-refractivity contribution in [3.63, 3.8) is 0 Å². The average Bonchev–Trinajstić information content (AvgIpc) is 2.79. The number of allylic oxidation sites excluding steroid dienone is 1. The first-order chi connectivity index (χ1) is 6.22. The van der Waals surface area contributed by atoms with Crippen LogP contribution in [-0.2, 0) is 0 Å². The Kier molecular flexibility index (Phi) is 1.81. The first-order valence-corrected chi connectivity index (χ1v) is 4.17. The van der Waals surface area contributed by atoms with E-state index in [2.05, 4.69) is 0 Å². The number of nitrogens with zero attached hydrogens (tertiary/aromatic N) is 2. The van der Waals surface area contributed by atoms with Gasteiger partial charge in [-0.3, -0.25) is 0 Å². The molecule has 1 aliphatic rings. The number of hydrogen-bond donors (Lipinski definition) is 0. The van der Waals surface area contributed by atoms with Crippen LogP contribution in [0.15, 0.2) is 36.0 Å². The molecule has 0 spiro atoms. The van der Waals surface area contributed by atoms with Crippen LogP contribution < -0.4 is 0 Å². The van der Waals surface area contributed by atoms with Crippen LogP contribution in [0.5, 0.6) is 0 Å². The van der Waals surface area contributed by atoms with Crippen LogP contribution in [0.1, 0.15) is 12.5 Å². The molecule has 0 N–H and O–H groups in total. The van der Waals surface area contributed by atoms with Gasteiger partial charge in [0, 0.05) is 12.6 Å². The van der Waals surface area contributed by atoms with E-state index in [0.717, 1.165) is 17.0 Å². The lowest BCUT2D eigenvalue weighted by Gasteiger charge is -2.09. The fourth-order valence-corrected chi connectivity index (χ4v) is 1.51. The Balaban J connectivity index is 2.22. The smallest absolute Gasteiger partial charge is 0.0882 e. The highest BCUT2D eigenvalue weighted by atomic mass is 19.2. The molecule has 1 aliphatic heterocycles. The van der Waals surface area contributed by atoms with E-state index in [9.17, 15) is 4.48 Å². The predicted octanol–water partition coefficient (Wildman–Crippen LogP) is 2.42. The van der Waals surface area contributed by atoms with Crippen molar-refractivity contribution in [2.75, 3.05) is 7.05 Å². The molecule has 1 heterocycles.